The average molecular weight is 565 g/mol. The van der Waals surface area contributed by atoms with Crippen molar-refractivity contribution in [3.63, 3.8) is 0 Å². The van der Waals surface area contributed by atoms with Crippen LogP contribution in [0, 0.1) is 0 Å². The van der Waals surface area contributed by atoms with Crippen LogP contribution in [-0.4, -0.2) is 19.2 Å². The summed E-state index contributed by atoms with van der Waals surface area (Å²) in [6.45, 7) is 6.14. The van der Waals surface area contributed by atoms with Gasteiger partial charge in [0, 0.05) is 6.54 Å². The van der Waals surface area contributed by atoms with Crippen molar-refractivity contribution in [3.05, 3.63) is 0 Å². The van der Waals surface area contributed by atoms with E-state index in [9.17, 15) is 0 Å². The first kappa shape index (κ1) is 39.3. The van der Waals surface area contributed by atoms with Gasteiger partial charge in [0.2, 0.25) is 0 Å². The van der Waals surface area contributed by atoms with E-state index in [0.717, 1.165) is 26.0 Å². The summed E-state index contributed by atoms with van der Waals surface area (Å²) in [5, 5.41) is 0. The minimum absolute atomic E-state index is 0.405. The summed E-state index contributed by atoms with van der Waals surface area (Å²) in [4.78, 5) is 4.41. The Morgan fingerprint density at radius 3 is 0.925 bits per heavy atom. The molecule has 0 aromatic rings. The molecule has 0 heterocycles. The minimum Gasteiger partial charge on any atom is -0.465 e. The fourth-order valence-electron chi connectivity index (χ4n) is 5.72. The van der Waals surface area contributed by atoms with Crippen LogP contribution in [0.25, 0.3) is 0 Å². The summed E-state index contributed by atoms with van der Waals surface area (Å²) < 4.78 is 5.62. The van der Waals surface area contributed by atoms with Gasteiger partial charge < -0.3 is 10.5 Å². The molecule has 0 fully saturated rings. The number of unbranched alkanes of at least 4 members (excludes halogenated alkanes) is 30. The maximum atomic E-state index is 5.93. The number of hydrogen-bond acceptors (Lipinski definition) is 2. The molecule has 3 heteroatoms. The third kappa shape index (κ3) is 35.3. The van der Waals surface area contributed by atoms with Crippen LogP contribution in [0.5, 0.6) is 0 Å². The number of ether oxygens (including phenoxy) is 1. The van der Waals surface area contributed by atoms with Gasteiger partial charge in [0.05, 0.1) is 6.61 Å². The lowest BCUT2D eigenvalue weighted by molar-refractivity contribution is 0.286. The molecule has 0 spiro atoms. The topological polar surface area (TPSA) is 47.6 Å². The number of amidine groups is 1. The molecule has 3 nitrogen and oxygen atoms in total. The third-order valence-corrected chi connectivity index (χ3v) is 8.53. The molecule has 0 aliphatic carbocycles. The normalized spacial score (nSPS) is 11.9. The summed E-state index contributed by atoms with van der Waals surface area (Å²) >= 11 is 0. The van der Waals surface area contributed by atoms with Crippen LogP contribution in [0.2, 0.25) is 0 Å². The standard InChI is InChI=1S/C37H76N2O/c1-3-5-7-9-11-13-15-17-19-21-23-25-27-29-31-33-35-39-37(38)40-36-34-32-30-28-26-24-22-20-18-16-14-12-10-8-6-4-2/h3-36H2,1-2H3,(H2,38,39). The Hall–Kier alpha value is -0.730. The van der Waals surface area contributed by atoms with E-state index in [0.29, 0.717) is 6.02 Å². The minimum atomic E-state index is 0.405. The van der Waals surface area contributed by atoms with E-state index in [-0.39, 0.29) is 0 Å². The maximum absolute atomic E-state index is 5.93. The zero-order valence-electron chi connectivity index (χ0n) is 28.0. The summed E-state index contributed by atoms with van der Waals surface area (Å²) in [6, 6.07) is 0.405. The van der Waals surface area contributed by atoms with E-state index in [4.69, 9.17) is 10.5 Å². The Bertz CT molecular complexity index is 479. The van der Waals surface area contributed by atoms with Gasteiger partial charge in [0.15, 0.2) is 0 Å². The average Bonchev–Trinajstić information content (AvgIpc) is 2.96. The maximum Gasteiger partial charge on any atom is 0.281 e. The zero-order chi connectivity index (χ0) is 29.0. The molecular weight excluding hydrogens is 488 g/mol. The van der Waals surface area contributed by atoms with Crippen LogP contribution >= 0.6 is 0 Å². The molecule has 2 N–H and O–H groups in total. The van der Waals surface area contributed by atoms with Crippen LogP contribution in [0.15, 0.2) is 4.99 Å². The van der Waals surface area contributed by atoms with Crippen LogP contribution in [-0.2, 0) is 4.74 Å². The van der Waals surface area contributed by atoms with Crippen LogP contribution in [0.4, 0.5) is 0 Å². The van der Waals surface area contributed by atoms with Gasteiger partial charge in [0.1, 0.15) is 0 Å². The summed E-state index contributed by atoms with van der Waals surface area (Å²) in [7, 11) is 0. The lowest BCUT2D eigenvalue weighted by Gasteiger charge is -2.06. The molecule has 0 saturated carbocycles. The van der Waals surface area contributed by atoms with Crippen molar-refractivity contribution in [3.8, 4) is 0 Å². The molecule has 0 aromatic heterocycles. The number of hydrogen-bond donors (Lipinski definition) is 1. The van der Waals surface area contributed by atoms with Crippen LogP contribution < -0.4 is 5.73 Å². The molecule has 0 saturated heterocycles. The number of aliphatic imine (C=N–C) groups is 1. The molecule has 0 bridgehead atoms. The lowest BCUT2D eigenvalue weighted by atomic mass is 10.0. The first-order valence-corrected chi connectivity index (χ1v) is 18.7. The second-order valence-electron chi connectivity index (χ2n) is 12.7. The molecule has 240 valence electrons. The van der Waals surface area contributed by atoms with Crippen LogP contribution in [0.1, 0.15) is 219 Å². The molecule has 0 radical (unpaired) electrons. The summed E-state index contributed by atoms with van der Waals surface area (Å²) in [6.07, 6.45) is 44.7. The van der Waals surface area contributed by atoms with Gasteiger partial charge in [-0.25, -0.2) is 4.99 Å². The molecule has 0 unspecified atom stereocenters. The second-order valence-corrected chi connectivity index (χ2v) is 12.7. The fourth-order valence-corrected chi connectivity index (χ4v) is 5.72. The van der Waals surface area contributed by atoms with Gasteiger partial charge in [-0.15, -0.1) is 0 Å². The van der Waals surface area contributed by atoms with Gasteiger partial charge in [-0.3, -0.25) is 0 Å². The van der Waals surface area contributed by atoms with Gasteiger partial charge >= 0.3 is 0 Å². The second kappa shape index (κ2) is 36.3. The zero-order valence-corrected chi connectivity index (χ0v) is 28.0. The van der Waals surface area contributed by atoms with Gasteiger partial charge in [-0.1, -0.05) is 206 Å². The van der Waals surface area contributed by atoms with Crippen LogP contribution in [0.3, 0.4) is 0 Å². The highest BCUT2D eigenvalue weighted by molar-refractivity contribution is 5.71. The number of nitrogens with two attached hydrogens (primary N) is 1. The van der Waals surface area contributed by atoms with Crippen molar-refractivity contribution in [2.24, 2.45) is 10.7 Å². The predicted octanol–water partition coefficient (Wildman–Crippen LogP) is 12.8. The number of rotatable bonds is 34. The Morgan fingerprint density at radius 2 is 0.625 bits per heavy atom. The molecule has 0 atom stereocenters. The van der Waals surface area contributed by atoms with E-state index in [1.807, 2.05) is 0 Å². The molecule has 0 rings (SSSR count). The highest BCUT2D eigenvalue weighted by atomic mass is 16.5. The molecule has 40 heavy (non-hydrogen) atoms. The first-order chi connectivity index (χ1) is 19.8. The van der Waals surface area contributed by atoms with Crippen molar-refractivity contribution in [2.75, 3.05) is 13.2 Å². The molecule has 0 aliphatic heterocycles. The van der Waals surface area contributed by atoms with Gasteiger partial charge in [0.25, 0.3) is 6.02 Å². The van der Waals surface area contributed by atoms with Crippen molar-refractivity contribution in [1.82, 2.24) is 0 Å². The largest absolute Gasteiger partial charge is 0.465 e. The Balaban J connectivity index is 3.20. The highest BCUT2D eigenvalue weighted by Gasteiger charge is 1.98. The molecular formula is C37H76N2O. The van der Waals surface area contributed by atoms with E-state index in [2.05, 4.69) is 18.8 Å². The van der Waals surface area contributed by atoms with E-state index in [1.165, 1.54) is 193 Å². The van der Waals surface area contributed by atoms with E-state index in [1.54, 1.807) is 0 Å². The monoisotopic (exact) mass is 565 g/mol. The highest BCUT2D eigenvalue weighted by Crippen LogP contribution is 2.15. The van der Waals surface area contributed by atoms with Crippen molar-refractivity contribution in [1.29, 1.82) is 0 Å². The first-order valence-electron chi connectivity index (χ1n) is 18.7. The summed E-state index contributed by atoms with van der Waals surface area (Å²) in [5.41, 5.74) is 5.93. The SMILES string of the molecule is CCCCCCCCCCCCCCCCCCN=C(N)OCCCCCCCCCCCCCCCCCC. The smallest absolute Gasteiger partial charge is 0.281 e. The molecule has 0 aromatic carbocycles. The number of nitrogens with zero attached hydrogens (tertiary/aromatic N) is 1. The van der Waals surface area contributed by atoms with Crippen molar-refractivity contribution < 1.29 is 4.74 Å². The Labute approximate surface area is 253 Å². The van der Waals surface area contributed by atoms with Gasteiger partial charge in [-0.05, 0) is 12.8 Å². The van der Waals surface area contributed by atoms with E-state index >= 15 is 0 Å². The Kier molecular flexibility index (Phi) is 35.6. The predicted molar refractivity (Wildman–Crippen MR) is 182 cm³/mol. The summed E-state index contributed by atoms with van der Waals surface area (Å²) in [5.74, 6) is 0. The van der Waals surface area contributed by atoms with Crippen molar-refractivity contribution in [2.45, 2.75) is 219 Å². The lowest BCUT2D eigenvalue weighted by Crippen LogP contribution is -2.17. The molecule has 0 aliphatic rings. The Morgan fingerprint density at radius 1 is 0.375 bits per heavy atom. The van der Waals surface area contributed by atoms with E-state index < -0.39 is 0 Å². The quantitative estimate of drug-likeness (QED) is 0.0480. The fraction of sp³-hybridized carbons (Fsp3) is 0.973. The van der Waals surface area contributed by atoms with Gasteiger partial charge in [-0.2, -0.15) is 0 Å². The van der Waals surface area contributed by atoms with Crippen molar-refractivity contribution >= 4 is 6.02 Å². The third-order valence-electron chi connectivity index (χ3n) is 8.53. The molecule has 0 amide bonds.